The van der Waals surface area contributed by atoms with Crippen molar-refractivity contribution in [3.05, 3.63) is 0 Å². The molecule has 1 aromatic rings. The van der Waals surface area contributed by atoms with Crippen molar-refractivity contribution >= 4 is 11.9 Å². The van der Waals surface area contributed by atoms with Crippen LogP contribution in [-0.4, -0.2) is 60.1 Å². The number of anilines is 2. The Morgan fingerprint density at radius 2 is 1.95 bits per heavy atom. The number of nitrogens with zero attached hydrogens (tertiary/aromatic N) is 3. The first-order valence-electron chi connectivity index (χ1n) is 6.13. The summed E-state index contributed by atoms with van der Waals surface area (Å²) in [6.45, 7) is 3.15. The molecule has 0 saturated carbocycles. The summed E-state index contributed by atoms with van der Waals surface area (Å²) in [7, 11) is 3.10. The minimum Gasteiger partial charge on any atom is -0.467 e. The Morgan fingerprint density at radius 1 is 1.21 bits per heavy atom. The molecule has 0 amide bonds. The van der Waals surface area contributed by atoms with E-state index in [2.05, 4.69) is 25.6 Å². The molecular weight excluding hydrogens is 250 g/mol. The van der Waals surface area contributed by atoms with Crippen LogP contribution in [-0.2, 0) is 4.74 Å². The number of aliphatic hydroxyl groups is 1. The molecule has 0 saturated heterocycles. The van der Waals surface area contributed by atoms with Gasteiger partial charge in [0.2, 0.25) is 11.9 Å². The third-order valence-electron chi connectivity index (χ3n) is 2.31. The van der Waals surface area contributed by atoms with Gasteiger partial charge in [0, 0.05) is 20.3 Å². The summed E-state index contributed by atoms with van der Waals surface area (Å²) >= 11 is 0. The second-order valence-electron chi connectivity index (χ2n) is 3.81. The zero-order valence-electron chi connectivity index (χ0n) is 11.5. The van der Waals surface area contributed by atoms with E-state index in [0.29, 0.717) is 31.5 Å². The number of ether oxygens (including phenoxy) is 2. The normalized spacial score (nSPS) is 12.0. The first-order chi connectivity index (χ1) is 9.23. The summed E-state index contributed by atoms with van der Waals surface area (Å²) in [6.07, 6.45) is 0.540. The van der Waals surface area contributed by atoms with E-state index in [0.717, 1.165) is 0 Å². The summed E-state index contributed by atoms with van der Waals surface area (Å²) in [6, 6.07) is 0.158. The molecule has 8 nitrogen and oxygen atoms in total. The van der Waals surface area contributed by atoms with Crippen LogP contribution in [0.25, 0.3) is 0 Å². The SMILES string of the molecule is CCNc1nc(NC(CCO)COC)nc(OC)n1. The molecule has 0 radical (unpaired) electrons. The predicted molar refractivity (Wildman–Crippen MR) is 71.5 cm³/mol. The van der Waals surface area contributed by atoms with Crippen LogP contribution in [0, 0.1) is 0 Å². The molecule has 0 spiro atoms. The quantitative estimate of drug-likeness (QED) is 0.582. The number of aliphatic hydroxyl groups excluding tert-OH is 1. The van der Waals surface area contributed by atoms with Gasteiger partial charge in [0.15, 0.2) is 0 Å². The van der Waals surface area contributed by atoms with Crippen molar-refractivity contribution in [1.29, 1.82) is 0 Å². The average molecular weight is 271 g/mol. The maximum Gasteiger partial charge on any atom is 0.322 e. The number of nitrogens with one attached hydrogen (secondary N) is 2. The maximum absolute atomic E-state index is 9.00. The van der Waals surface area contributed by atoms with Crippen molar-refractivity contribution in [2.75, 3.05) is 44.6 Å². The van der Waals surface area contributed by atoms with Gasteiger partial charge in [-0.3, -0.25) is 0 Å². The highest BCUT2D eigenvalue weighted by Gasteiger charge is 2.12. The number of hydrogen-bond donors (Lipinski definition) is 3. The molecule has 8 heteroatoms. The summed E-state index contributed by atoms with van der Waals surface area (Å²) in [5.41, 5.74) is 0. The maximum atomic E-state index is 9.00. The lowest BCUT2D eigenvalue weighted by atomic mass is 10.2. The number of methoxy groups -OCH3 is 2. The van der Waals surface area contributed by atoms with Crippen LogP contribution in [0.15, 0.2) is 0 Å². The summed E-state index contributed by atoms with van der Waals surface area (Å²) < 4.78 is 10.1. The Morgan fingerprint density at radius 3 is 2.53 bits per heavy atom. The van der Waals surface area contributed by atoms with Gasteiger partial charge in [-0.1, -0.05) is 0 Å². The minimum atomic E-state index is -0.0726. The summed E-state index contributed by atoms with van der Waals surface area (Å²) in [5, 5.41) is 15.1. The monoisotopic (exact) mass is 271 g/mol. The second-order valence-corrected chi connectivity index (χ2v) is 3.81. The topological polar surface area (TPSA) is 101 Å². The zero-order valence-corrected chi connectivity index (χ0v) is 11.5. The van der Waals surface area contributed by atoms with E-state index in [9.17, 15) is 0 Å². The molecule has 1 heterocycles. The van der Waals surface area contributed by atoms with Gasteiger partial charge < -0.3 is 25.2 Å². The molecule has 3 N–H and O–H groups in total. The highest BCUT2D eigenvalue weighted by atomic mass is 16.5. The van der Waals surface area contributed by atoms with Crippen molar-refractivity contribution in [2.45, 2.75) is 19.4 Å². The number of aromatic nitrogens is 3. The Kier molecular flexibility index (Phi) is 6.83. The highest BCUT2D eigenvalue weighted by molar-refractivity contribution is 5.36. The Labute approximate surface area is 112 Å². The van der Waals surface area contributed by atoms with Crippen LogP contribution in [0.5, 0.6) is 6.01 Å². The van der Waals surface area contributed by atoms with Crippen LogP contribution in [0.1, 0.15) is 13.3 Å². The van der Waals surface area contributed by atoms with Crippen molar-refractivity contribution in [3.63, 3.8) is 0 Å². The third-order valence-corrected chi connectivity index (χ3v) is 2.31. The summed E-state index contributed by atoms with van der Waals surface area (Å²) in [5.74, 6) is 0.829. The van der Waals surface area contributed by atoms with Gasteiger partial charge in [0.05, 0.1) is 19.8 Å². The van der Waals surface area contributed by atoms with Gasteiger partial charge in [0.1, 0.15) is 0 Å². The zero-order chi connectivity index (χ0) is 14.1. The van der Waals surface area contributed by atoms with Crippen LogP contribution in [0.3, 0.4) is 0 Å². The largest absolute Gasteiger partial charge is 0.467 e. The first kappa shape index (κ1) is 15.4. The van der Waals surface area contributed by atoms with Crippen molar-refractivity contribution in [2.24, 2.45) is 0 Å². The average Bonchev–Trinajstić information content (AvgIpc) is 2.39. The third kappa shape index (κ3) is 5.23. The molecule has 1 atom stereocenters. The summed E-state index contributed by atoms with van der Waals surface area (Å²) in [4.78, 5) is 12.4. The molecule has 0 aliphatic heterocycles. The van der Waals surface area contributed by atoms with Crippen molar-refractivity contribution < 1.29 is 14.6 Å². The Bertz CT molecular complexity index is 371. The van der Waals surface area contributed by atoms with Gasteiger partial charge in [-0.05, 0) is 13.3 Å². The smallest absolute Gasteiger partial charge is 0.322 e. The van der Waals surface area contributed by atoms with Crippen LogP contribution in [0.2, 0.25) is 0 Å². The molecule has 0 fully saturated rings. The second kappa shape index (κ2) is 8.44. The number of hydrogen-bond acceptors (Lipinski definition) is 8. The van der Waals surface area contributed by atoms with E-state index in [1.54, 1.807) is 7.11 Å². The fraction of sp³-hybridized carbons (Fsp3) is 0.727. The van der Waals surface area contributed by atoms with Crippen LogP contribution >= 0.6 is 0 Å². The Balaban J connectivity index is 2.81. The lowest BCUT2D eigenvalue weighted by Crippen LogP contribution is -2.27. The van der Waals surface area contributed by atoms with Gasteiger partial charge in [0.25, 0.3) is 0 Å². The minimum absolute atomic E-state index is 0.0588. The molecule has 0 aromatic carbocycles. The molecule has 0 bridgehead atoms. The van der Waals surface area contributed by atoms with E-state index < -0.39 is 0 Å². The van der Waals surface area contributed by atoms with E-state index >= 15 is 0 Å². The fourth-order valence-electron chi connectivity index (χ4n) is 1.49. The van der Waals surface area contributed by atoms with E-state index in [4.69, 9.17) is 14.6 Å². The number of rotatable bonds is 9. The lowest BCUT2D eigenvalue weighted by molar-refractivity contribution is 0.170. The molecule has 0 aliphatic rings. The standard InChI is InChI=1S/C11H21N5O3/c1-4-12-9-14-10(16-11(15-9)19-3)13-8(5-6-17)7-18-2/h8,17H,4-7H2,1-3H3,(H2,12,13,14,15,16). The van der Waals surface area contributed by atoms with E-state index in [-0.39, 0.29) is 18.7 Å². The van der Waals surface area contributed by atoms with Crippen molar-refractivity contribution in [3.8, 4) is 6.01 Å². The van der Waals surface area contributed by atoms with Gasteiger partial charge in [-0.15, -0.1) is 0 Å². The Hall–Kier alpha value is -1.67. The van der Waals surface area contributed by atoms with Crippen molar-refractivity contribution in [1.82, 2.24) is 15.0 Å². The molecule has 108 valence electrons. The van der Waals surface area contributed by atoms with Gasteiger partial charge in [-0.25, -0.2) is 0 Å². The first-order valence-corrected chi connectivity index (χ1v) is 6.13. The van der Waals surface area contributed by atoms with Crippen LogP contribution < -0.4 is 15.4 Å². The van der Waals surface area contributed by atoms with E-state index in [1.165, 1.54) is 7.11 Å². The molecule has 19 heavy (non-hydrogen) atoms. The highest BCUT2D eigenvalue weighted by Crippen LogP contribution is 2.12. The molecule has 1 aromatic heterocycles. The molecule has 0 aliphatic carbocycles. The van der Waals surface area contributed by atoms with E-state index in [1.807, 2.05) is 6.92 Å². The van der Waals surface area contributed by atoms with Crippen LogP contribution in [0.4, 0.5) is 11.9 Å². The molecule has 1 rings (SSSR count). The lowest BCUT2D eigenvalue weighted by Gasteiger charge is -2.17. The predicted octanol–water partition coefficient (Wildman–Crippen LogP) is 0.121. The van der Waals surface area contributed by atoms with Gasteiger partial charge >= 0.3 is 6.01 Å². The van der Waals surface area contributed by atoms with Gasteiger partial charge in [-0.2, -0.15) is 15.0 Å². The molecular formula is C11H21N5O3. The fourth-order valence-corrected chi connectivity index (χ4v) is 1.49. The molecule has 1 unspecified atom stereocenters.